The molecule has 3 N–H and O–H groups in total. The van der Waals surface area contributed by atoms with Crippen LogP contribution in [0.15, 0.2) is 42.5 Å². The summed E-state index contributed by atoms with van der Waals surface area (Å²) in [5.74, 6) is -0.157. The Morgan fingerprint density at radius 2 is 2.00 bits per heavy atom. The third-order valence-electron chi connectivity index (χ3n) is 3.21. The number of halogens is 1. The molecular weight excluding hydrogens is 395 g/mol. The predicted octanol–water partition coefficient (Wildman–Crippen LogP) is 4.65. The van der Waals surface area contributed by atoms with Crippen LogP contribution in [0.2, 0.25) is 0 Å². The molecule has 0 aliphatic rings. The van der Waals surface area contributed by atoms with Gasteiger partial charge in [0.2, 0.25) is 0 Å². The number of para-hydroxylation sites is 1. The molecule has 0 unspecified atom stereocenters. The number of carbonyl (C=O) groups excluding carboxylic acids is 1. The zero-order chi connectivity index (χ0) is 15.0. The standard InChI is InChI=1S/C16H13IN2OS/c1-9-6-7-10-13(8-9)21-15(14(10)18)16(20)19-12-5-3-2-4-11(12)17/h2-8H,18H2,1H3,(H,19,20). The van der Waals surface area contributed by atoms with Crippen LogP contribution in [0.5, 0.6) is 0 Å². The lowest BCUT2D eigenvalue weighted by Crippen LogP contribution is -2.12. The molecule has 3 nitrogen and oxygen atoms in total. The van der Waals surface area contributed by atoms with Crippen molar-refractivity contribution in [2.45, 2.75) is 6.92 Å². The molecule has 0 radical (unpaired) electrons. The number of fused-ring (bicyclic) bond motifs is 1. The SMILES string of the molecule is Cc1ccc2c(N)c(C(=O)Nc3ccccc3I)sc2c1. The van der Waals surface area contributed by atoms with Crippen LogP contribution in [-0.4, -0.2) is 5.91 Å². The van der Waals surface area contributed by atoms with Gasteiger partial charge in [-0.05, 0) is 53.3 Å². The van der Waals surface area contributed by atoms with E-state index in [0.717, 1.165) is 24.9 Å². The lowest BCUT2D eigenvalue weighted by atomic mass is 10.1. The molecule has 3 rings (SSSR count). The van der Waals surface area contributed by atoms with Gasteiger partial charge >= 0.3 is 0 Å². The Hall–Kier alpha value is -1.60. The highest BCUT2D eigenvalue weighted by atomic mass is 127. The van der Waals surface area contributed by atoms with Crippen molar-refractivity contribution in [2.24, 2.45) is 0 Å². The summed E-state index contributed by atoms with van der Waals surface area (Å²) in [4.78, 5) is 13.0. The molecule has 5 heteroatoms. The van der Waals surface area contributed by atoms with E-state index >= 15 is 0 Å². The van der Waals surface area contributed by atoms with Gasteiger partial charge in [-0.3, -0.25) is 4.79 Å². The van der Waals surface area contributed by atoms with E-state index in [1.54, 1.807) is 0 Å². The molecule has 21 heavy (non-hydrogen) atoms. The number of hydrogen-bond acceptors (Lipinski definition) is 3. The molecular formula is C16H13IN2OS. The lowest BCUT2D eigenvalue weighted by Gasteiger charge is -2.06. The molecule has 0 fully saturated rings. The topological polar surface area (TPSA) is 55.1 Å². The fourth-order valence-corrected chi connectivity index (χ4v) is 3.77. The minimum atomic E-state index is -0.157. The Morgan fingerprint density at radius 1 is 1.24 bits per heavy atom. The number of anilines is 2. The number of aryl methyl sites for hydroxylation is 1. The van der Waals surface area contributed by atoms with Crippen molar-refractivity contribution in [1.82, 2.24) is 0 Å². The van der Waals surface area contributed by atoms with Crippen LogP contribution >= 0.6 is 33.9 Å². The molecule has 0 bridgehead atoms. The van der Waals surface area contributed by atoms with Gasteiger partial charge in [-0.2, -0.15) is 0 Å². The Kier molecular flexibility index (Phi) is 3.86. The van der Waals surface area contributed by atoms with Crippen LogP contribution in [0.4, 0.5) is 11.4 Å². The number of amides is 1. The molecule has 1 aromatic heterocycles. The van der Waals surface area contributed by atoms with Crippen molar-refractivity contribution < 1.29 is 4.79 Å². The molecule has 0 aliphatic carbocycles. The molecule has 106 valence electrons. The Bertz CT molecular complexity index is 841. The fraction of sp³-hybridized carbons (Fsp3) is 0.0625. The highest BCUT2D eigenvalue weighted by Crippen LogP contribution is 2.34. The summed E-state index contributed by atoms with van der Waals surface area (Å²) in [6, 6.07) is 13.7. The van der Waals surface area contributed by atoms with Crippen LogP contribution < -0.4 is 11.1 Å². The Morgan fingerprint density at radius 3 is 2.76 bits per heavy atom. The first-order valence-electron chi connectivity index (χ1n) is 6.41. The summed E-state index contributed by atoms with van der Waals surface area (Å²) < 4.78 is 2.04. The number of nitrogens with one attached hydrogen (secondary N) is 1. The lowest BCUT2D eigenvalue weighted by molar-refractivity contribution is 0.103. The van der Waals surface area contributed by atoms with Crippen molar-refractivity contribution >= 4 is 61.3 Å². The zero-order valence-electron chi connectivity index (χ0n) is 11.3. The second-order valence-electron chi connectivity index (χ2n) is 4.78. The highest BCUT2D eigenvalue weighted by Gasteiger charge is 2.17. The fourth-order valence-electron chi connectivity index (χ4n) is 2.13. The third kappa shape index (κ3) is 2.75. The summed E-state index contributed by atoms with van der Waals surface area (Å²) in [6.45, 7) is 2.03. The molecule has 0 saturated heterocycles. The molecule has 2 aromatic carbocycles. The molecule has 0 aliphatic heterocycles. The van der Waals surface area contributed by atoms with Gasteiger partial charge < -0.3 is 11.1 Å². The van der Waals surface area contributed by atoms with E-state index in [0.29, 0.717) is 10.6 Å². The summed E-state index contributed by atoms with van der Waals surface area (Å²) in [6.07, 6.45) is 0. The van der Waals surface area contributed by atoms with Gasteiger partial charge in [0.25, 0.3) is 5.91 Å². The Balaban J connectivity index is 1.98. The van der Waals surface area contributed by atoms with Crippen molar-refractivity contribution in [2.75, 3.05) is 11.1 Å². The summed E-state index contributed by atoms with van der Waals surface area (Å²) in [7, 11) is 0. The van der Waals surface area contributed by atoms with E-state index < -0.39 is 0 Å². The number of benzene rings is 2. The van der Waals surface area contributed by atoms with E-state index in [-0.39, 0.29) is 5.91 Å². The number of rotatable bonds is 2. The predicted molar refractivity (Wildman–Crippen MR) is 98.1 cm³/mol. The van der Waals surface area contributed by atoms with E-state index in [1.165, 1.54) is 11.3 Å². The maximum Gasteiger partial charge on any atom is 0.267 e. The second-order valence-corrected chi connectivity index (χ2v) is 6.99. The van der Waals surface area contributed by atoms with E-state index in [2.05, 4.69) is 34.0 Å². The Labute approximate surface area is 140 Å². The smallest absolute Gasteiger partial charge is 0.267 e. The second kappa shape index (κ2) is 5.65. The van der Waals surface area contributed by atoms with E-state index in [4.69, 9.17) is 5.73 Å². The van der Waals surface area contributed by atoms with Crippen molar-refractivity contribution in [3.05, 3.63) is 56.5 Å². The maximum atomic E-state index is 12.5. The minimum Gasteiger partial charge on any atom is -0.397 e. The van der Waals surface area contributed by atoms with E-state index in [9.17, 15) is 4.79 Å². The van der Waals surface area contributed by atoms with Crippen LogP contribution in [-0.2, 0) is 0 Å². The largest absolute Gasteiger partial charge is 0.397 e. The molecule has 1 heterocycles. The normalized spacial score (nSPS) is 10.8. The zero-order valence-corrected chi connectivity index (χ0v) is 14.3. The van der Waals surface area contributed by atoms with Gasteiger partial charge in [0.05, 0.1) is 11.4 Å². The van der Waals surface area contributed by atoms with Crippen molar-refractivity contribution in [3.8, 4) is 0 Å². The average Bonchev–Trinajstić information content (AvgIpc) is 2.78. The van der Waals surface area contributed by atoms with Gasteiger partial charge in [-0.1, -0.05) is 24.3 Å². The molecule has 0 atom stereocenters. The first-order valence-corrected chi connectivity index (χ1v) is 8.30. The summed E-state index contributed by atoms with van der Waals surface area (Å²) in [5.41, 5.74) is 8.65. The van der Waals surface area contributed by atoms with Gasteiger partial charge in [-0.15, -0.1) is 11.3 Å². The van der Waals surface area contributed by atoms with Crippen LogP contribution in [0.25, 0.3) is 10.1 Å². The molecule has 0 spiro atoms. The minimum absolute atomic E-state index is 0.157. The van der Waals surface area contributed by atoms with Crippen LogP contribution in [0.1, 0.15) is 15.2 Å². The molecule has 1 amide bonds. The number of hydrogen-bond donors (Lipinski definition) is 2. The maximum absolute atomic E-state index is 12.5. The van der Waals surface area contributed by atoms with E-state index in [1.807, 2.05) is 43.3 Å². The van der Waals surface area contributed by atoms with Gasteiger partial charge in [0.15, 0.2) is 0 Å². The average molecular weight is 408 g/mol. The first-order chi connectivity index (χ1) is 10.1. The van der Waals surface area contributed by atoms with Crippen LogP contribution in [0, 0.1) is 10.5 Å². The number of nitrogen functional groups attached to an aromatic ring is 1. The summed E-state index contributed by atoms with van der Waals surface area (Å²) in [5, 5.41) is 3.87. The monoisotopic (exact) mass is 408 g/mol. The van der Waals surface area contributed by atoms with Gasteiger partial charge in [-0.25, -0.2) is 0 Å². The molecule has 0 saturated carbocycles. The quantitative estimate of drug-likeness (QED) is 0.607. The van der Waals surface area contributed by atoms with Crippen molar-refractivity contribution in [1.29, 1.82) is 0 Å². The highest BCUT2D eigenvalue weighted by molar-refractivity contribution is 14.1. The summed E-state index contributed by atoms with van der Waals surface area (Å²) >= 11 is 3.63. The van der Waals surface area contributed by atoms with Gasteiger partial charge in [0, 0.05) is 13.7 Å². The van der Waals surface area contributed by atoms with Gasteiger partial charge in [0.1, 0.15) is 4.88 Å². The van der Waals surface area contributed by atoms with Crippen molar-refractivity contribution in [3.63, 3.8) is 0 Å². The van der Waals surface area contributed by atoms with Crippen LogP contribution in [0.3, 0.4) is 0 Å². The number of nitrogens with two attached hydrogens (primary N) is 1. The third-order valence-corrected chi connectivity index (χ3v) is 5.32. The molecule has 3 aromatic rings. The number of thiophene rings is 1. The number of carbonyl (C=O) groups is 1. The first kappa shape index (κ1) is 14.3.